The molecule has 0 atom stereocenters. The van der Waals surface area contributed by atoms with E-state index in [0.717, 1.165) is 29.1 Å². The van der Waals surface area contributed by atoms with Gasteiger partial charge in [-0.25, -0.2) is 4.98 Å². The van der Waals surface area contributed by atoms with Crippen LogP contribution in [0.4, 0.5) is 0 Å². The number of benzene rings is 1. The van der Waals surface area contributed by atoms with Crippen LogP contribution in [0.5, 0.6) is 0 Å². The van der Waals surface area contributed by atoms with Crippen molar-refractivity contribution in [2.45, 2.75) is 32.7 Å². The Morgan fingerprint density at radius 3 is 2.73 bits per heavy atom. The largest absolute Gasteiger partial charge is 0.352 e. The lowest BCUT2D eigenvalue weighted by Crippen LogP contribution is -2.25. The van der Waals surface area contributed by atoms with Gasteiger partial charge in [0, 0.05) is 36.4 Å². The van der Waals surface area contributed by atoms with E-state index >= 15 is 0 Å². The third kappa shape index (κ3) is 4.70. The average molecular weight is 370 g/mol. The highest BCUT2D eigenvalue weighted by Crippen LogP contribution is 2.11. The van der Waals surface area contributed by atoms with Crippen molar-refractivity contribution in [1.82, 2.24) is 20.0 Å². The highest BCUT2D eigenvalue weighted by Gasteiger charge is 2.09. The summed E-state index contributed by atoms with van der Waals surface area (Å²) in [6.45, 7) is 3.21. The van der Waals surface area contributed by atoms with E-state index in [0.29, 0.717) is 18.7 Å². The molecule has 0 spiro atoms. The molecule has 26 heavy (non-hydrogen) atoms. The maximum Gasteiger partial charge on any atom is 0.251 e. The van der Waals surface area contributed by atoms with E-state index in [2.05, 4.69) is 22.5 Å². The van der Waals surface area contributed by atoms with Gasteiger partial charge in [0.05, 0.1) is 12.1 Å². The number of hydrogen-bond donors (Lipinski definition) is 2. The lowest BCUT2D eigenvalue weighted by Gasteiger charge is -2.07. The molecular formula is C19H22N4O2S. The number of nitrogens with one attached hydrogen (secondary N) is 2. The van der Waals surface area contributed by atoms with E-state index in [4.69, 9.17) is 0 Å². The van der Waals surface area contributed by atoms with Crippen LogP contribution in [-0.2, 0) is 17.8 Å². The molecule has 2 aromatic heterocycles. The van der Waals surface area contributed by atoms with Crippen LogP contribution in [0.2, 0.25) is 0 Å². The fourth-order valence-corrected chi connectivity index (χ4v) is 3.26. The molecule has 0 aliphatic rings. The predicted octanol–water partition coefficient (Wildman–Crippen LogP) is 2.78. The SMILES string of the molecule is CCCCNC(=O)c1ccc(CNC(=O)Cc2cn3ccsc3n2)cc1. The molecule has 0 saturated heterocycles. The zero-order chi connectivity index (χ0) is 18.4. The summed E-state index contributed by atoms with van der Waals surface area (Å²) in [7, 11) is 0. The summed E-state index contributed by atoms with van der Waals surface area (Å²) in [6.07, 6.45) is 6.08. The third-order valence-electron chi connectivity index (χ3n) is 4.01. The first kappa shape index (κ1) is 18.1. The van der Waals surface area contributed by atoms with Gasteiger partial charge in [0.2, 0.25) is 5.91 Å². The van der Waals surface area contributed by atoms with Crippen molar-refractivity contribution >= 4 is 28.1 Å². The number of amides is 2. The minimum absolute atomic E-state index is 0.0613. The second-order valence-electron chi connectivity index (χ2n) is 6.08. The van der Waals surface area contributed by atoms with E-state index in [1.807, 2.05) is 34.3 Å². The fraction of sp³-hybridized carbons (Fsp3) is 0.316. The molecule has 2 N–H and O–H groups in total. The predicted molar refractivity (Wildman–Crippen MR) is 102 cm³/mol. The Balaban J connectivity index is 1.47. The molecule has 0 aliphatic carbocycles. The molecule has 0 saturated carbocycles. The van der Waals surface area contributed by atoms with Crippen LogP contribution in [0.15, 0.2) is 42.0 Å². The summed E-state index contributed by atoms with van der Waals surface area (Å²) in [5.41, 5.74) is 2.34. The molecule has 3 rings (SSSR count). The Kier molecular flexibility index (Phi) is 6.01. The molecular weight excluding hydrogens is 348 g/mol. The van der Waals surface area contributed by atoms with Crippen LogP contribution < -0.4 is 10.6 Å². The topological polar surface area (TPSA) is 75.5 Å². The number of thiazole rings is 1. The highest BCUT2D eigenvalue weighted by molar-refractivity contribution is 7.15. The van der Waals surface area contributed by atoms with E-state index in [9.17, 15) is 9.59 Å². The maximum absolute atomic E-state index is 12.1. The van der Waals surface area contributed by atoms with Crippen LogP contribution in [0, 0.1) is 0 Å². The van der Waals surface area contributed by atoms with E-state index in [1.54, 1.807) is 23.5 Å². The van der Waals surface area contributed by atoms with Gasteiger partial charge in [0.25, 0.3) is 5.91 Å². The van der Waals surface area contributed by atoms with Gasteiger partial charge in [-0.1, -0.05) is 25.5 Å². The normalized spacial score (nSPS) is 10.8. The monoisotopic (exact) mass is 370 g/mol. The minimum atomic E-state index is -0.0721. The molecule has 2 amide bonds. The van der Waals surface area contributed by atoms with Crippen molar-refractivity contribution < 1.29 is 9.59 Å². The number of imidazole rings is 1. The van der Waals surface area contributed by atoms with Crippen molar-refractivity contribution in [1.29, 1.82) is 0 Å². The Morgan fingerprint density at radius 1 is 1.19 bits per heavy atom. The summed E-state index contributed by atoms with van der Waals surface area (Å²) in [6, 6.07) is 7.29. The first-order chi connectivity index (χ1) is 12.7. The summed E-state index contributed by atoms with van der Waals surface area (Å²) in [4.78, 5) is 29.3. The average Bonchev–Trinajstić information content (AvgIpc) is 3.22. The molecule has 7 heteroatoms. The summed E-state index contributed by atoms with van der Waals surface area (Å²) < 4.78 is 1.91. The van der Waals surface area contributed by atoms with Gasteiger partial charge < -0.3 is 10.6 Å². The zero-order valence-corrected chi connectivity index (χ0v) is 15.5. The lowest BCUT2D eigenvalue weighted by atomic mass is 10.1. The van der Waals surface area contributed by atoms with Gasteiger partial charge in [0.15, 0.2) is 4.96 Å². The molecule has 6 nitrogen and oxygen atoms in total. The van der Waals surface area contributed by atoms with Crippen molar-refractivity contribution in [3.05, 3.63) is 58.9 Å². The molecule has 0 fully saturated rings. The summed E-state index contributed by atoms with van der Waals surface area (Å²) >= 11 is 1.54. The minimum Gasteiger partial charge on any atom is -0.352 e. The number of hydrogen-bond acceptors (Lipinski definition) is 4. The van der Waals surface area contributed by atoms with E-state index in [1.165, 1.54) is 0 Å². The van der Waals surface area contributed by atoms with Gasteiger partial charge in [-0.15, -0.1) is 11.3 Å². The van der Waals surface area contributed by atoms with Gasteiger partial charge in [-0.3, -0.25) is 14.0 Å². The first-order valence-electron chi connectivity index (χ1n) is 8.70. The number of carbonyl (C=O) groups is 2. The van der Waals surface area contributed by atoms with Crippen molar-refractivity contribution in [3.8, 4) is 0 Å². The lowest BCUT2D eigenvalue weighted by molar-refractivity contribution is -0.120. The van der Waals surface area contributed by atoms with Gasteiger partial charge in [0.1, 0.15) is 0 Å². The van der Waals surface area contributed by atoms with Crippen molar-refractivity contribution in [2.24, 2.45) is 0 Å². The highest BCUT2D eigenvalue weighted by atomic mass is 32.1. The third-order valence-corrected chi connectivity index (χ3v) is 4.78. The van der Waals surface area contributed by atoms with Crippen LogP contribution in [-0.4, -0.2) is 27.7 Å². The van der Waals surface area contributed by atoms with Gasteiger partial charge in [-0.05, 0) is 24.1 Å². The van der Waals surface area contributed by atoms with Crippen molar-refractivity contribution in [3.63, 3.8) is 0 Å². The van der Waals surface area contributed by atoms with Crippen LogP contribution in [0.3, 0.4) is 0 Å². The maximum atomic E-state index is 12.1. The Bertz CT molecular complexity index is 854. The number of unbranched alkanes of at least 4 members (excludes halogenated alkanes) is 1. The van der Waals surface area contributed by atoms with Crippen LogP contribution in [0.25, 0.3) is 4.96 Å². The Labute approximate surface area is 156 Å². The number of carbonyl (C=O) groups excluding carboxylic acids is 2. The van der Waals surface area contributed by atoms with Gasteiger partial charge >= 0.3 is 0 Å². The van der Waals surface area contributed by atoms with Crippen LogP contribution >= 0.6 is 11.3 Å². The van der Waals surface area contributed by atoms with E-state index < -0.39 is 0 Å². The molecule has 0 unspecified atom stereocenters. The molecule has 0 bridgehead atoms. The second kappa shape index (κ2) is 8.62. The molecule has 2 heterocycles. The van der Waals surface area contributed by atoms with Crippen molar-refractivity contribution in [2.75, 3.05) is 6.54 Å². The zero-order valence-electron chi connectivity index (χ0n) is 14.7. The molecule has 0 aliphatic heterocycles. The quantitative estimate of drug-likeness (QED) is 0.599. The molecule has 3 aromatic rings. The molecule has 1 aromatic carbocycles. The Morgan fingerprint density at radius 2 is 2.00 bits per heavy atom. The standard InChI is InChI=1S/C19H22N4O2S/c1-2-3-8-20-18(25)15-6-4-14(5-7-15)12-21-17(24)11-16-13-23-9-10-26-19(23)22-16/h4-7,9-10,13H,2-3,8,11-12H2,1H3,(H,20,25)(H,21,24). The summed E-state index contributed by atoms with van der Waals surface area (Å²) in [5.74, 6) is -0.133. The smallest absolute Gasteiger partial charge is 0.251 e. The first-order valence-corrected chi connectivity index (χ1v) is 9.58. The number of aromatic nitrogens is 2. The van der Waals surface area contributed by atoms with Crippen LogP contribution in [0.1, 0.15) is 41.4 Å². The number of fused-ring (bicyclic) bond motifs is 1. The van der Waals surface area contributed by atoms with E-state index in [-0.39, 0.29) is 18.2 Å². The van der Waals surface area contributed by atoms with Gasteiger partial charge in [-0.2, -0.15) is 0 Å². The second-order valence-corrected chi connectivity index (χ2v) is 6.96. The molecule has 136 valence electrons. The summed E-state index contributed by atoms with van der Waals surface area (Å²) in [5, 5.41) is 7.74. The molecule has 0 radical (unpaired) electrons. The Hall–Kier alpha value is -2.67. The number of nitrogens with zero attached hydrogens (tertiary/aromatic N) is 2. The fourth-order valence-electron chi connectivity index (χ4n) is 2.54. The number of rotatable bonds is 8.